The van der Waals surface area contributed by atoms with Crippen LogP contribution in [0.4, 0.5) is 5.69 Å². The number of benzene rings is 5. The minimum atomic E-state index is -0.120. The fourth-order valence-electron chi connectivity index (χ4n) is 4.68. The van der Waals surface area contributed by atoms with E-state index >= 15 is 0 Å². The van der Waals surface area contributed by atoms with Gasteiger partial charge in [-0.1, -0.05) is 72.8 Å². The van der Waals surface area contributed by atoms with Crippen molar-refractivity contribution in [3.63, 3.8) is 0 Å². The molecule has 2 amide bonds. The number of hydrogen-bond acceptors (Lipinski definition) is 2. The van der Waals surface area contributed by atoms with Crippen LogP contribution in [0, 0.1) is 0 Å². The second-order valence-corrected chi connectivity index (χ2v) is 7.61. The second kappa shape index (κ2) is 5.89. The number of fused-ring (bicyclic) bond motifs is 6. The predicted octanol–water partition coefficient (Wildman–Crippen LogP) is 5.95. The summed E-state index contributed by atoms with van der Waals surface area (Å²) < 4.78 is 0. The first kappa shape index (κ1) is 16.3. The molecular formula is C26H17NO2. The monoisotopic (exact) mass is 375 g/mol. The molecule has 1 aliphatic rings. The van der Waals surface area contributed by atoms with Gasteiger partial charge in [0, 0.05) is 23.6 Å². The van der Waals surface area contributed by atoms with Gasteiger partial charge in [-0.25, -0.2) is 4.90 Å². The van der Waals surface area contributed by atoms with E-state index in [1.54, 1.807) is 0 Å². The van der Waals surface area contributed by atoms with E-state index in [-0.39, 0.29) is 24.7 Å². The number of hydrogen-bond donors (Lipinski definition) is 0. The molecule has 1 aliphatic heterocycles. The summed E-state index contributed by atoms with van der Waals surface area (Å²) in [6, 6.07) is 26.9. The first-order valence-electron chi connectivity index (χ1n) is 9.84. The molecule has 5 aromatic carbocycles. The number of carbonyl (C=O) groups is 2. The van der Waals surface area contributed by atoms with Crippen molar-refractivity contribution in [1.82, 2.24) is 0 Å². The normalized spacial score (nSPS) is 14.7. The van der Waals surface area contributed by atoms with E-state index in [1.807, 2.05) is 30.3 Å². The average Bonchev–Trinajstić information content (AvgIpc) is 3.09. The van der Waals surface area contributed by atoms with Gasteiger partial charge >= 0.3 is 0 Å². The van der Waals surface area contributed by atoms with Gasteiger partial charge in [0.2, 0.25) is 11.8 Å². The Hall–Kier alpha value is -3.72. The Kier molecular flexibility index (Phi) is 3.30. The molecule has 0 saturated carbocycles. The molecule has 0 aromatic heterocycles. The van der Waals surface area contributed by atoms with E-state index in [0.29, 0.717) is 0 Å². The van der Waals surface area contributed by atoms with Crippen molar-refractivity contribution in [2.24, 2.45) is 0 Å². The summed E-state index contributed by atoms with van der Waals surface area (Å²) in [4.78, 5) is 27.0. The summed E-state index contributed by atoms with van der Waals surface area (Å²) in [7, 11) is 0. The summed E-state index contributed by atoms with van der Waals surface area (Å²) in [6.45, 7) is 0. The summed E-state index contributed by atoms with van der Waals surface area (Å²) in [6.07, 6.45) is 0.546. The minimum Gasteiger partial charge on any atom is -0.274 e. The van der Waals surface area contributed by atoms with Crippen LogP contribution in [-0.4, -0.2) is 11.8 Å². The van der Waals surface area contributed by atoms with Crippen LogP contribution in [0.25, 0.3) is 43.1 Å². The fourth-order valence-corrected chi connectivity index (χ4v) is 4.68. The SMILES string of the molecule is O=C1CCC(=O)N1c1c2ccc3ccccc3c2cc2ccc3ccccc3c12. The van der Waals surface area contributed by atoms with Crippen LogP contribution in [0.1, 0.15) is 12.8 Å². The second-order valence-electron chi connectivity index (χ2n) is 7.61. The quantitative estimate of drug-likeness (QED) is 0.206. The minimum absolute atomic E-state index is 0.120. The zero-order valence-electron chi connectivity index (χ0n) is 15.7. The van der Waals surface area contributed by atoms with Crippen LogP contribution in [0.2, 0.25) is 0 Å². The number of nitrogens with zero attached hydrogens (tertiary/aromatic N) is 1. The number of rotatable bonds is 1. The lowest BCUT2D eigenvalue weighted by Crippen LogP contribution is -2.29. The molecular weight excluding hydrogens is 358 g/mol. The maximum absolute atomic E-state index is 12.8. The first-order valence-corrected chi connectivity index (χ1v) is 9.84. The van der Waals surface area contributed by atoms with Gasteiger partial charge in [-0.15, -0.1) is 0 Å². The maximum atomic E-state index is 12.8. The third-order valence-electron chi connectivity index (χ3n) is 6.00. The highest BCUT2D eigenvalue weighted by atomic mass is 16.2. The van der Waals surface area contributed by atoms with E-state index < -0.39 is 0 Å². The van der Waals surface area contributed by atoms with Crippen molar-refractivity contribution in [2.45, 2.75) is 12.8 Å². The maximum Gasteiger partial charge on any atom is 0.234 e. The van der Waals surface area contributed by atoms with Gasteiger partial charge in [0.1, 0.15) is 0 Å². The molecule has 3 nitrogen and oxygen atoms in total. The standard InChI is InChI=1S/C26H17NO2/c28-23-13-14-24(29)27(23)26-21-12-11-16-5-1-3-7-19(16)22(21)15-18-10-9-17-6-2-4-8-20(17)25(18)26/h1-12,15H,13-14H2. The largest absolute Gasteiger partial charge is 0.274 e. The van der Waals surface area contributed by atoms with Crippen LogP contribution >= 0.6 is 0 Å². The average molecular weight is 375 g/mol. The third kappa shape index (κ3) is 2.24. The number of anilines is 1. The molecule has 0 atom stereocenters. The van der Waals surface area contributed by atoms with Gasteiger partial charge in [0.15, 0.2) is 0 Å². The molecule has 6 rings (SSSR count). The predicted molar refractivity (Wildman–Crippen MR) is 118 cm³/mol. The van der Waals surface area contributed by atoms with E-state index in [9.17, 15) is 9.59 Å². The van der Waals surface area contributed by atoms with Gasteiger partial charge in [-0.05, 0) is 38.4 Å². The molecule has 0 radical (unpaired) electrons. The third-order valence-corrected chi connectivity index (χ3v) is 6.00. The molecule has 3 heteroatoms. The van der Waals surface area contributed by atoms with Crippen molar-refractivity contribution in [2.75, 3.05) is 4.90 Å². The molecule has 1 fully saturated rings. The van der Waals surface area contributed by atoms with Gasteiger partial charge in [0.25, 0.3) is 0 Å². The van der Waals surface area contributed by atoms with Crippen molar-refractivity contribution < 1.29 is 9.59 Å². The lowest BCUT2D eigenvalue weighted by Gasteiger charge is -2.21. The summed E-state index contributed by atoms with van der Waals surface area (Å²) >= 11 is 0. The molecule has 0 aliphatic carbocycles. The van der Waals surface area contributed by atoms with E-state index in [0.717, 1.165) is 48.8 Å². The highest BCUT2D eigenvalue weighted by Crippen LogP contribution is 2.43. The van der Waals surface area contributed by atoms with E-state index in [2.05, 4.69) is 48.5 Å². The highest BCUT2D eigenvalue weighted by molar-refractivity contribution is 6.33. The Morgan fingerprint density at radius 3 is 1.90 bits per heavy atom. The number of imide groups is 1. The zero-order chi connectivity index (χ0) is 19.5. The lowest BCUT2D eigenvalue weighted by atomic mass is 9.93. The van der Waals surface area contributed by atoms with Crippen molar-refractivity contribution in [3.05, 3.63) is 78.9 Å². The van der Waals surface area contributed by atoms with Gasteiger partial charge in [-0.3, -0.25) is 9.59 Å². The highest BCUT2D eigenvalue weighted by Gasteiger charge is 2.33. The zero-order valence-corrected chi connectivity index (χ0v) is 15.7. The molecule has 29 heavy (non-hydrogen) atoms. The van der Waals surface area contributed by atoms with Gasteiger partial charge < -0.3 is 0 Å². The summed E-state index contributed by atoms with van der Waals surface area (Å²) in [5, 5.41) is 8.43. The first-order chi connectivity index (χ1) is 14.2. The fraction of sp³-hybridized carbons (Fsp3) is 0.0769. The summed E-state index contributed by atoms with van der Waals surface area (Å²) in [5.74, 6) is -0.241. The molecule has 0 unspecified atom stereocenters. The van der Waals surface area contributed by atoms with Crippen molar-refractivity contribution >= 4 is 60.6 Å². The Labute approximate surface area is 167 Å². The van der Waals surface area contributed by atoms with Crippen LogP contribution in [0.3, 0.4) is 0 Å². The number of carbonyl (C=O) groups excluding carboxylic acids is 2. The lowest BCUT2D eigenvalue weighted by molar-refractivity contribution is -0.121. The van der Waals surface area contributed by atoms with Crippen molar-refractivity contribution in [3.8, 4) is 0 Å². The topological polar surface area (TPSA) is 37.4 Å². The Morgan fingerprint density at radius 1 is 0.552 bits per heavy atom. The Bertz CT molecular complexity index is 1480. The Morgan fingerprint density at radius 2 is 1.14 bits per heavy atom. The van der Waals surface area contributed by atoms with Crippen LogP contribution in [0.15, 0.2) is 78.9 Å². The smallest absolute Gasteiger partial charge is 0.234 e. The Balaban J connectivity index is 1.89. The van der Waals surface area contributed by atoms with Crippen LogP contribution < -0.4 is 4.90 Å². The summed E-state index contributed by atoms with van der Waals surface area (Å²) in [5.41, 5.74) is 0.729. The van der Waals surface area contributed by atoms with Crippen LogP contribution in [-0.2, 0) is 9.59 Å². The van der Waals surface area contributed by atoms with Crippen LogP contribution in [0.5, 0.6) is 0 Å². The van der Waals surface area contributed by atoms with Gasteiger partial charge in [-0.2, -0.15) is 0 Å². The molecule has 1 heterocycles. The van der Waals surface area contributed by atoms with Gasteiger partial charge in [0.05, 0.1) is 5.69 Å². The molecule has 138 valence electrons. The molecule has 0 N–H and O–H groups in total. The number of amides is 2. The molecule has 0 bridgehead atoms. The molecule has 5 aromatic rings. The van der Waals surface area contributed by atoms with Crippen molar-refractivity contribution in [1.29, 1.82) is 0 Å². The molecule has 0 spiro atoms. The van der Waals surface area contributed by atoms with E-state index in [1.165, 1.54) is 4.90 Å². The molecule has 1 saturated heterocycles. The van der Waals surface area contributed by atoms with E-state index in [4.69, 9.17) is 0 Å².